The summed E-state index contributed by atoms with van der Waals surface area (Å²) >= 11 is 0. The summed E-state index contributed by atoms with van der Waals surface area (Å²) < 4.78 is 22.1. The molecule has 0 aliphatic heterocycles. The van der Waals surface area contributed by atoms with Crippen molar-refractivity contribution >= 4 is 13.7 Å². The van der Waals surface area contributed by atoms with Gasteiger partial charge in [0, 0.05) is 13.0 Å². The monoisotopic (exact) mass is 789 g/mol. The molecule has 0 saturated heterocycles. The molecule has 324 valence electrons. The summed E-state index contributed by atoms with van der Waals surface area (Å²) in [4.78, 5) is 22.7. The number of nitrogens with two attached hydrogens (primary N) is 1. The number of nitrogens with one attached hydrogen (secondary N) is 1. The molecule has 0 aromatic rings. The molecule has 9 heteroatoms. The minimum absolute atomic E-state index is 0.0922. The van der Waals surface area contributed by atoms with Gasteiger partial charge in [0.1, 0.15) is 0 Å². The molecule has 0 heterocycles. The van der Waals surface area contributed by atoms with Crippen molar-refractivity contribution in [2.45, 2.75) is 264 Å². The van der Waals surface area contributed by atoms with E-state index in [-0.39, 0.29) is 25.7 Å². The Kier molecular flexibility index (Phi) is 41.7. The first-order valence-corrected chi connectivity index (χ1v) is 25.1. The maximum Gasteiger partial charge on any atom is 0.472 e. The van der Waals surface area contributed by atoms with Crippen LogP contribution in [0.25, 0.3) is 0 Å². The zero-order valence-electron chi connectivity index (χ0n) is 36.0. The number of amides is 1. The molecule has 0 rings (SSSR count). The molecule has 1 amide bonds. The van der Waals surface area contributed by atoms with E-state index in [4.69, 9.17) is 14.8 Å². The van der Waals surface area contributed by atoms with Crippen LogP contribution in [0.5, 0.6) is 0 Å². The van der Waals surface area contributed by atoms with Gasteiger partial charge in [0.2, 0.25) is 5.91 Å². The summed E-state index contributed by atoms with van der Waals surface area (Å²) in [5.41, 5.74) is 5.37. The number of aliphatic hydroxyl groups is 1. The molecule has 1 unspecified atom stereocenters. The number of phosphoric acid groups is 1. The normalized spacial score (nSPS) is 13.9. The van der Waals surface area contributed by atoms with Gasteiger partial charge in [0.05, 0.1) is 25.4 Å². The van der Waals surface area contributed by atoms with Gasteiger partial charge in [-0.25, -0.2) is 4.57 Å². The summed E-state index contributed by atoms with van der Waals surface area (Å²) in [5.74, 6) is -0.158. The Labute approximate surface area is 335 Å². The van der Waals surface area contributed by atoms with E-state index in [2.05, 4.69) is 19.2 Å². The fourth-order valence-electron chi connectivity index (χ4n) is 7.37. The smallest absolute Gasteiger partial charge is 0.391 e. The number of carbonyl (C=O) groups excluding carboxylic acids is 1. The van der Waals surface area contributed by atoms with Gasteiger partial charge in [0.25, 0.3) is 0 Å². The zero-order valence-corrected chi connectivity index (χ0v) is 36.9. The highest BCUT2D eigenvalue weighted by atomic mass is 31.2. The fourth-order valence-corrected chi connectivity index (χ4v) is 8.13. The lowest BCUT2D eigenvalue weighted by Gasteiger charge is -2.25. The topological polar surface area (TPSA) is 131 Å². The van der Waals surface area contributed by atoms with Crippen molar-refractivity contribution in [1.29, 1.82) is 0 Å². The van der Waals surface area contributed by atoms with Crippen LogP contribution in [0, 0.1) is 0 Å². The minimum atomic E-state index is -4.30. The van der Waals surface area contributed by atoms with Crippen LogP contribution in [0.2, 0.25) is 0 Å². The highest BCUT2D eigenvalue weighted by molar-refractivity contribution is 7.47. The summed E-state index contributed by atoms with van der Waals surface area (Å²) in [6.07, 6.45) is 45.7. The molecule has 0 radical (unpaired) electrons. The lowest BCUT2D eigenvalue weighted by Crippen LogP contribution is -2.46. The van der Waals surface area contributed by atoms with Crippen molar-refractivity contribution in [2.75, 3.05) is 19.8 Å². The van der Waals surface area contributed by atoms with E-state index in [0.29, 0.717) is 12.8 Å². The molecule has 0 spiro atoms. The van der Waals surface area contributed by atoms with Crippen LogP contribution in [-0.2, 0) is 18.4 Å². The van der Waals surface area contributed by atoms with Crippen LogP contribution in [0.4, 0.5) is 0 Å². The van der Waals surface area contributed by atoms with Gasteiger partial charge >= 0.3 is 7.82 Å². The largest absolute Gasteiger partial charge is 0.472 e. The van der Waals surface area contributed by atoms with Crippen molar-refractivity contribution in [3.63, 3.8) is 0 Å². The third-order valence-electron chi connectivity index (χ3n) is 11.0. The Bertz CT molecular complexity index is 819. The van der Waals surface area contributed by atoms with Gasteiger partial charge < -0.3 is 21.1 Å². The van der Waals surface area contributed by atoms with E-state index in [9.17, 15) is 19.4 Å². The molecule has 5 N–H and O–H groups in total. The highest BCUT2D eigenvalue weighted by Gasteiger charge is 2.27. The van der Waals surface area contributed by atoms with Gasteiger partial charge in [-0.2, -0.15) is 0 Å². The molecule has 0 aliphatic carbocycles. The van der Waals surface area contributed by atoms with E-state index < -0.39 is 20.0 Å². The van der Waals surface area contributed by atoms with E-state index in [1.807, 2.05) is 0 Å². The molecule has 0 saturated carbocycles. The summed E-state index contributed by atoms with van der Waals surface area (Å²) in [6, 6.07) is -0.766. The maximum atomic E-state index is 12.8. The van der Waals surface area contributed by atoms with Crippen LogP contribution in [-0.4, -0.2) is 47.8 Å². The molecule has 0 aromatic heterocycles. The predicted octanol–water partition coefficient (Wildman–Crippen LogP) is 13.4. The number of hydrogen-bond acceptors (Lipinski definition) is 6. The Balaban J connectivity index is 3.85. The average Bonchev–Trinajstić information content (AvgIpc) is 3.16. The van der Waals surface area contributed by atoms with Crippen molar-refractivity contribution in [1.82, 2.24) is 5.32 Å². The van der Waals surface area contributed by atoms with Gasteiger partial charge in [0.15, 0.2) is 0 Å². The summed E-state index contributed by atoms with van der Waals surface area (Å²) in [5, 5.41) is 13.7. The lowest BCUT2D eigenvalue weighted by atomic mass is 10.0. The van der Waals surface area contributed by atoms with E-state index in [1.54, 1.807) is 0 Å². The van der Waals surface area contributed by atoms with Crippen molar-refractivity contribution < 1.29 is 28.4 Å². The quantitative estimate of drug-likeness (QED) is 0.0357. The Morgan fingerprint density at radius 2 is 0.852 bits per heavy atom. The SMILES string of the molecule is CCCCCCCCCCCCCCCCCCCCCCCCCCCCC(=O)N[C@@H](COP(=O)(O)OCCN)[C@H](O)CCCCCCCCCCC. The number of rotatable bonds is 45. The Hall–Kier alpha value is -0.500. The third kappa shape index (κ3) is 39.7. The number of hydrogen-bond donors (Lipinski definition) is 4. The molecule has 0 aliphatic rings. The van der Waals surface area contributed by atoms with Crippen LogP contribution in [0.15, 0.2) is 0 Å². The van der Waals surface area contributed by atoms with Gasteiger partial charge in [-0.05, 0) is 12.8 Å². The summed E-state index contributed by atoms with van der Waals surface area (Å²) in [7, 11) is -4.30. The first-order valence-electron chi connectivity index (χ1n) is 23.7. The lowest BCUT2D eigenvalue weighted by molar-refractivity contribution is -0.123. The molecule has 3 atom stereocenters. The van der Waals surface area contributed by atoms with E-state index in [0.717, 1.165) is 38.5 Å². The molecule has 0 bridgehead atoms. The molecule has 8 nitrogen and oxygen atoms in total. The molecule has 0 aromatic carbocycles. The Morgan fingerprint density at radius 3 is 1.19 bits per heavy atom. The minimum Gasteiger partial charge on any atom is -0.391 e. The second-order valence-electron chi connectivity index (χ2n) is 16.3. The number of aliphatic hydroxyl groups excluding tert-OH is 1. The van der Waals surface area contributed by atoms with Crippen LogP contribution < -0.4 is 11.1 Å². The van der Waals surface area contributed by atoms with E-state index in [1.165, 1.54) is 186 Å². The zero-order chi connectivity index (χ0) is 39.6. The summed E-state index contributed by atoms with van der Waals surface area (Å²) in [6.45, 7) is 4.21. The maximum absolute atomic E-state index is 12.8. The van der Waals surface area contributed by atoms with E-state index >= 15 is 0 Å². The van der Waals surface area contributed by atoms with Gasteiger partial charge in [-0.3, -0.25) is 13.8 Å². The van der Waals surface area contributed by atoms with Crippen molar-refractivity contribution in [3.8, 4) is 0 Å². The molecule has 54 heavy (non-hydrogen) atoms. The van der Waals surface area contributed by atoms with Crippen molar-refractivity contribution in [3.05, 3.63) is 0 Å². The highest BCUT2D eigenvalue weighted by Crippen LogP contribution is 2.43. The second-order valence-corrected chi connectivity index (χ2v) is 17.8. The second kappa shape index (κ2) is 42.1. The standard InChI is InChI=1S/C45H93N2O6P/c1-3-5-7-9-11-13-14-15-16-17-18-19-20-21-22-23-24-25-26-27-28-29-31-33-35-37-39-45(49)47-43(42-53-54(50,51)52-41-40-46)44(48)38-36-34-32-30-12-10-8-6-4-2/h43-44,48H,3-42,46H2,1-2H3,(H,47,49)(H,50,51)/t43-,44+/m0/s1. The number of phosphoric ester groups is 1. The first-order chi connectivity index (χ1) is 26.4. The first kappa shape index (κ1) is 53.5. The van der Waals surface area contributed by atoms with Gasteiger partial charge in [-0.15, -0.1) is 0 Å². The Morgan fingerprint density at radius 1 is 0.537 bits per heavy atom. The van der Waals surface area contributed by atoms with Crippen LogP contribution >= 0.6 is 7.82 Å². The van der Waals surface area contributed by atoms with Crippen LogP contribution in [0.3, 0.4) is 0 Å². The average molecular weight is 789 g/mol. The van der Waals surface area contributed by atoms with Gasteiger partial charge in [-0.1, -0.05) is 232 Å². The molecular formula is C45H93N2O6P. The number of unbranched alkanes of at least 4 members (excludes halogenated alkanes) is 33. The molecule has 0 fully saturated rings. The predicted molar refractivity (Wildman–Crippen MR) is 231 cm³/mol. The molecular weight excluding hydrogens is 695 g/mol. The third-order valence-corrected chi connectivity index (χ3v) is 11.9. The van der Waals surface area contributed by atoms with Crippen molar-refractivity contribution in [2.24, 2.45) is 5.73 Å². The number of carbonyl (C=O) groups is 1. The fraction of sp³-hybridized carbons (Fsp3) is 0.978. The van der Waals surface area contributed by atoms with Crippen LogP contribution in [0.1, 0.15) is 251 Å².